The van der Waals surface area contributed by atoms with Crippen LogP contribution in [0.15, 0.2) is 12.3 Å². The van der Waals surface area contributed by atoms with Gasteiger partial charge in [-0.05, 0) is 34.6 Å². The molecule has 0 aromatic heterocycles. The summed E-state index contributed by atoms with van der Waals surface area (Å²) in [6, 6.07) is 0. The van der Waals surface area contributed by atoms with Crippen molar-refractivity contribution in [2.75, 3.05) is 13.2 Å². The van der Waals surface area contributed by atoms with Crippen LogP contribution < -0.4 is 0 Å². The van der Waals surface area contributed by atoms with E-state index in [0.29, 0.717) is 13.2 Å². The Labute approximate surface area is 106 Å². The molecule has 0 saturated heterocycles. The quantitative estimate of drug-likeness (QED) is 0.481. The van der Waals surface area contributed by atoms with E-state index in [2.05, 4.69) is 13.5 Å². The van der Waals surface area contributed by atoms with Crippen LogP contribution >= 0.6 is 0 Å². The second kappa shape index (κ2) is 7.72. The van der Waals surface area contributed by atoms with Gasteiger partial charge in [-0.25, -0.2) is 0 Å². The number of hydrogen-bond acceptors (Lipinski definition) is 3. The molecule has 0 aromatic rings. The summed E-state index contributed by atoms with van der Waals surface area (Å²) in [7, 11) is 0. The molecule has 0 rings (SSSR count). The molecule has 0 bridgehead atoms. The standard InChI is InChI=1S/C14H28O3/c1-8-15-13(16-9-2)11(3)10-12(4)17-14(5,6)7/h11,13H,4,8-10H2,1-3,5-7H3/t11-/m0/s1. The average Bonchev–Trinajstić information content (AvgIpc) is 2.14. The highest BCUT2D eigenvalue weighted by Gasteiger charge is 2.21. The topological polar surface area (TPSA) is 27.7 Å². The van der Waals surface area contributed by atoms with Crippen LogP contribution in [0.3, 0.4) is 0 Å². The van der Waals surface area contributed by atoms with E-state index in [0.717, 1.165) is 12.2 Å². The molecule has 17 heavy (non-hydrogen) atoms. The molecule has 0 saturated carbocycles. The van der Waals surface area contributed by atoms with Crippen LogP contribution in [0.25, 0.3) is 0 Å². The van der Waals surface area contributed by atoms with Crippen molar-refractivity contribution < 1.29 is 14.2 Å². The van der Waals surface area contributed by atoms with Gasteiger partial charge in [0, 0.05) is 25.6 Å². The van der Waals surface area contributed by atoms with Crippen LogP contribution in [0.1, 0.15) is 48.0 Å². The Morgan fingerprint density at radius 1 is 1.12 bits per heavy atom. The van der Waals surface area contributed by atoms with Crippen molar-refractivity contribution in [3.63, 3.8) is 0 Å². The predicted molar refractivity (Wildman–Crippen MR) is 70.8 cm³/mol. The van der Waals surface area contributed by atoms with E-state index >= 15 is 0 Å². The summed E-state index contributed by atoms with van der Waals surface area (Å²) in [5.41, 5.74) is -0.191. The molecule has 1 atom stereocenters. The SMILES string of the molecule is C=C(C[C@H](C)C(OCC)OCC)OC(C)(C)C. The van der Waals surface area contributed by atoms with Crippen LogP contribution in [0.5, 0.6) is 0 Å². The first-order valence-electron chi connectivity index (χ1n) is 6.40. The Morgan fingerprint density at radius 3 is 1.94 bits per heavy atom. The van der Waals surface area contributed by atoms with Crippen LogP contribution in [0.2, 0.25) is 0 Å². The molecule has 0 heterocycles. The fourth-order valence-electron chi connectivity index (χ4n) is 1.64. The first-order chi connectivity index (χ1) is 7.80. The van der Waals surface area contributed by atoms with Gasteiger partial charge in [-0.15, -0.1) is 0 Å². The maximum atomic E-state index is 5.71. The van der Waals surface area contributed by atoms with Crippen molar-refractivity contribution in [2.45, 2.75) is 59.9 Å². The van der Waals surface area contributed by atoms with Gasteiger partial charge in [0.05, 0.1) is 5.76 Å². The zero-order valence-corrected chi connectivity index (χ0v) is 12.2. The lowest BCUT2D eigenvalue weighted by molar-refractivity contribution is -0.165. The first-order valence-corrected chi connectivity index (χ1v) is 6.40. The minimum absolute atomic E-state index is 0.176. The molecule has 0 fully saturated rings. The van der Waals surface area contributed by atoms with E-state index in [4.69, 9.17) is 14.2 Å². The Hall–Kier alpha value is -0.540. The minimum Gasteiger partial charge on any atom is -0.493 e. The summed E-state index contributed by atoms with van der Waals surface area (Å²) in [4.78, 5) is 0. The Morgan fingerprint density at radius 2 is 1.59 bits per heavy atom. The van der Waals surface area contributed by atoms with Gasteiger partial charge in [-0.3, -0.25) is 0 Å². The first kappa shape index (κ1) is 16.5. The van der Waals surface area contributed by atoms with Gasteiger partial charge in [0.1, 0.15) is 5.60 Å². The van der Waals surface area contributed by atoms with Crippen molar-refractivity contribution in [3.8, 4) is 0 Å². The molecule has 3 nitrogen and oxygen atoms in total. The van der Waals surface area contributed by atoms with Crippen LogP contribution in [-0.2, 0) is 14.2 Å². The van der Waals surface area contributed by atoms with Crippen molar-refractivity contribution in [1.82, 2.24) is 0 Å². The monoisotopic (exact) mass is 244 g/mol. The zero-order valence-electron chi connectivity index (χ0n) is 12.2. The van der Waals surface area contributed by atoms with Crippen molar-refractivity contribution in [2.24, 2.45) is 5.92 Å². The molecule has 0 spiro atoms. The Bertz CT molecular complexity index is 212. The van der Waals surface area contributed by atoms with Gasteiger partial charge in [0.15, 0.2) is 6.29 Å². The van der Waals surface area contributed by atoms with Crippen molar-refractivity contribution >= 4 is 0 Å². The number of allylic oxidation sites excluding steroid dienone is 1. The summed E-state index contributed by atoms with van der Waals surface area (Å²) in [6.07, 6.45) is 0.576. The van der Waals surface area contributed by atoms with Gasteiger partial charge in [-0.1, -0.05) is 13.5 Å². The Kier molecular flexibility index (Phi) is 7.48. The molecule has 0 unspecified atom stereocenters. The molecular formula is C14H28O3. The summed E-state index contributed by atoms with van der Waals surface area (Å²) >= 11 is 0. The fraction of sp³-hybridized carbons (Fsp3) is 0.857. The van der Waals surface area contributed by atoms with E-state index in [1.807, 2.05) is 34.6 Å². The summed E-state index contributed by atoms with van der Waals surface area (Å²) in [5.74, 6) is 1.03. The number of rotatable bonds is 8. The lowest BCUT2D eigenvalue weighted by atomic mass is 10.1. The maximum Gasteiger partial charge on any atom is 0.160 e. The fourth-order valence-corrected chi connectivity index (χ4v) is 1.64. The molecule has 0 aromatic carbocycles. The largest absolute Gasteiger partial charge is 0.493 e. The molecule has 0 aliphatic rings. The van der Waals surface area contributed by atoms with E-state index < -0.39 is 0 Å². The zero-order chi connectivity index (χ0) is 13.5. The second-order valence-corrected chi connectivity index (χ2v) is 5.21. The summed E-state index contributed by atoms with van der Waals surface area (Å²) in [6.45, 7) is 17.3. The van der Waals surface area contributed by atoms with Gasteiger partial charge >= 0.3 is 0 Å². The van der Waals surface area contributed by atoms with E-state index in [1.54, 1.807) is 0 Å². The van der Waals surface area contributed by atoms with Gasteiger partial charge in [0.2, 0.25) is 0 Å². The molecule has 102 valence electrons. The van der Waals surface area contributed by atoms with Gasteiger partial charge < -0.3 is 14.2 Å². The Balaban J connectivity index is 4.19. The molecule has 0 aliphatic heterocycles. The third-order valence-electron chi connectivity index (χ3n) is 2.13. The highest BCUT2D eigenvalue weighted by Crippen LogP contribution is 2.22. The van der Waals surface area contributed by atoms with Crippen LogP contribution in [0.4, 0.5) is 0 Å². The highest BCUT2D eigenvalue weighted by molar-refractivity contribution is 4.88. The predicted octanol–water partition coefficient (Wildman–Crippen LogP) is 3.74. The highest BCUT2D eigenvalue weighted by atomic mass is 16.7. The smallest absolute Gasteiger partial charge is 0.160 e. The van der Waals surface area contributed by atoms with Crippen LogP contribution in [-0.4, -0.2) is 25.1 Å². The van der Waals surface area contributed by atoms with E-state index in [-0.39, 0.29) is 17.8 Å². The maximum absolute atomic E-state index is 5.71. The van der Waals surface area contributed by atoms with Crippen molar-refractivity contribution in [1.29, 1.82) is 0 Å². The summed E-state index contributed by atoms with van der Waals surface area (Å²) in [5, 5.41) is 0. The van der Waals surface area contributed by atoms with E-state index in [9.17, 15) is 0 Å². The third-order valence-corrected chi connectivity index (χ3v) is 2.13. The van der Waals surface area contributed by atoms with Crippen molar-refractivity contribution in [3.05, 3.63) is 12.3 Å². The number of ether oxygens (including phenoxy) is 3. The second-order valence-electron chi connectivity index (χ2n) is 5.21. The molecule has 0 aliphatic carbocycles. The third kappa shape index (κ3) is 8.22. The normalized spacial score (nSPS) is 13.8. The lowest BCUT2D eigenvalue weighted by Gasteiger charge is -2.27. The molecule has 0 amide bonds. The average molecular weight is 244 g/mol. The molecule has 3 heteroatoms. The van der Waals surface area contributed by atoms with Gasteiger partial charge in [0.25, 0.3) is 0 Å². The van der Waals surface area contributed by atoms with Gasteiger partial charge in [-0.2, -0.15) is 0 Å². The lowest BCUT2D eigenvalue weighted by Crippen LogP contribution is -2.27. The van der Waals surface area contributed by atoms with E-state index in [1.165, 1.54) is 0 Å². The molecular weight excluding hydrogens is 216 g/mol. The minimum atomic E-state index is -0.191. The molecule has 0 N–H and O–H groups in total. The number of hydrogen-bond donors (Lipinski definition) is 0. The summed E-state index contributed by atoms with van der Waals surface area (Å²) < 4.78 is 16.8. The van der Waals surface area contributed by atoms with Crippen LogP contribution in [0, 0.1) is 5.92 Å². The molecule has 0 radical (unpaired) electrons.